The number of halogens is 1. The molecule has 0 unspecified atom stereocenters. The number of benzene rings is 1. The lowest BCUT2D eigenvalue weighted by Gasteiger charge is -2.12. The fraction of sp³-hybridized carbons (Fsp3) is 0.500. The van der Waals surface area contributed by atoms with Gasteiger partial charge in [-0.2, -0.15) is 0 Å². The molecule has 2 aromatic rings. The summed E-state index contributed by atoms with van der Waals surface area (Å²) in [6, 6.07) is 5.39. The van der Waals surface area contributed by atoms with Gasteiger partial charge in [0.1, 0.15) is 5.76 Å². The molecule has 0 atom stereocenters. The first kappa shape index (κ1) is 24.1. The number of ether oxygens (including phenoxy) is 1. The van der Waals surface area contributed by atoms with Gasteiger partial charge in [-0.1, -0.05) is 25.1 Å². The van der Waals surface area contributed by atoms with E-state index in [0.717, 1.165) is 54.3 Å². The van der Waals surface area contributed by atoms with E-state index in [4.69, 9.17) is 9.26 Å². The Hall–Kier alpha value is -1.97. The largest absolute Gasteiger partial charge is 0.504 e. The second kappa shape index (κ2) is 12.5. The maximum Gasteiger partial charge on any atom is 0.191 e. The Morgan fingerprint density at radius 1 is 1.21 bits per heavy atom. The molecule has 0 aliphatic carbocycles. The smallest absolute Gasteiger partial charge is 0.191 e. The molecule has 1 heterocycles. The molecule has 0 radical (unpaired) electrons. The monoisotopic (exact) mass is 502 g/mol. The van der Waals surface area contributed by atoms with E-state index >= 15 is 0 Å². The van der Waals surface area contributed by atoms with Gasteiger partial charge < -0.3 is 25.0 Å². The fourth-order valence-electron chi connectivity index (χ4n) is 2.82. The molecule has 0 saturated heterocycles. The Morgan fingerprint density at radius 3 is 2.64 bits per heavy atom. The van der Waals surface area contributed by atoms with E-state index in [9.17, 15) is 5.11 Å². The lowest BCUT2D eigenvalue weighted by atomic mass is 10.1. The molecule has 8 heteroatoms. The number of guanidine groups is 1. The summed E-state index contributed by atoms with van der Waals surface area (Å²) in [7, 11) is 1.55. The Kier molecular flexibility index (Phi) is 10.7. The molecule has 0 fully saturated rings. The fourth-order valence-corrected chi connectivity index (χ4v) is 2.82. The zero-order valence-corrected chi connectivity index (χ0v) is 19.4. The van der Waals surface area contributed by atoms with Crippen LogP contribution in [-0.2, 0) is 25.8 Å². The minimum absolute atomic E-state index is 0. The number of rotatable bonds is 9. The summed E-state index contributed by atoms with van der Waals surface area (Å²) < 4.78 is 10.6. The van der Waals surface area contributed by atoms with Crippen molar-refractivity contribution in [3.05, 3.63) is 40.8 Å². The van der Waals surface area contributed by atoms with Gasteiger partial charge in [-0.05, 0) is 37.5 Å². The number of phenols is 1. The predicted octanol–water partition coefficient (Wildman–Crippen LogP) is 3.43. The van der Waals surface area contributed by atoms with E-state index in [0.29, 0.717) is 18.8 Å². The predicted molar refractivity (Wildman–Crippen MR) is 122 cm³/mol. The molecule has 28 heavy (non-hydrogen) atoms. The summed E-state index contributed by atoms with van der Waals surface area (Å²) >= 11 is 0. The van der Waals surface area contributed by atoms with Gasteiger partial charge in [-0.15, -0.1) is 24.0 Å². The SMILES string of the molecule is CCNC(=NCc1c(CC)noc1CC)NCCc1ccc(O)c(OC)c1.I. The van der Waals surface area contributed by atoms with Crippen molar-refractivity contribution >= 4 is 29.9 Å². The second-order valence-corrected chi connectivity index (χ2v) is 6.12. The Labute approximate surface area is 184 Å². The summed E-state index contributed by atoms with van der Waals surface area (Å²) in [6.45, 7) is 8.20. The van der Waals surface area contributed by atoms with Gasteiger partial charge in [0.25, 0.3) is 0 Å². The number of methoxy groups -OCH3 is 1. The minimum atomic E-state index is 0. The van der Waals surface area contributed by atoms with Crippen LogP contribution in [0.3, 0.4) is 0 Å². The van der Waals surface area contributed by atoms with Gasteiger partial charge in [-0.25, -0.2) is 4.99 Å². The summed E-state index contributed by atoms with van der Waals surface area (Å²) in [5, 5.41) is 20.4. The van der Waals surface area contributed by atoms with Crippen LogP contribution in [0.15, 0.2) is 27.7 Å². The average molecular weight is 502 g/mol. The molecule has 0 saturated carbocycles. The lowest BCUT2D eigenvalue weighted by molar-refractivity contribution is 0.373. The van der Waals surface area contributed by atoms with E-state index < -0.39 is 0 Å². The molecular formula is C20H31IN4O3. The highest BCUT2D eigenvalue weighted by Gasteiger charge is 2.13. The molecule has 2 rings (SSSR count). The van der Waals surface area contributed by atoms with Crippen LogP contribution in [0.1, 0.15) is 43.4 Å². The first-order chi connectivity index (χ1) is 13.1. The van der Waals surface area contributed by atoms with Crippen LogP contribution in [0, 0.1) is 0 Å². The van der Waals surface area contributed by atoms with E-state index in [1.54, 1.807) is 13.2 Å². The van der Waals surface area contributed by atoms with Crippen molar-refractivity contribution in [2.24, 2.45) is 4.99 Å². The van der Waals surface area contributed by atoms with Crippen molar-refractivity contribution in [1.82, 2.24) is 15.8 Å². The van der Waals surface area contributed by atoms with Crippen LogP contribution >= 0.6 is 24.0 Å². The second-order valence-electron chi connectivity index (χ2n) is 6.12. The van der Waals surface area contributed by atoms with Crippen molar-refractivity contribution in [2.45, 2.75) is 46.6 Å². The number of hydrogen-bond acceptors (Lipinski definition) is 5. The summed E-state index contributed by atoms with van der Waals surface area (Å²) in [6.07, 6.45) is 2.43. The summed E-state index contributed by atoms with van der Waals surface area (Å²) in [5.41, 5.74) is 3.14. The van der Waals surface area contributed by atoms with Gasteiger partial charge in [-0.3, -0.25) is 0 Å². The Bertz CT molecular complexity index is 740. The number of aliphatic imine (C=N–C) groups is 1. The van der Waals surface area contributed by atoms with Crippen molar-refractivity contribution in [3.8, 4) is 11.5 Å². The molecule has 0 aliphatic heterocycles. The average Bonchev–Trinajstić information content (AvgIpc) is 3.09. The molecule has 0 spiro atoms. The number of aryl methyl sites for hydroxylation is 2. The molecule has 0 aliphatic rings. The van der Waals surface area contributed by atoms with E-state index in [-0.39, 0.29) is 29.7 Å². The van der Waals surface area contributed by atoms with Gasteiger partial charge >= 0.3 is 0 Å². The van der Waals surface area contributed by atoms with Gasteiger partial charge in [0.2, 0.25) is 0 Å². The summed E-state index contributed by atoms with van der Waals surface area (Å²) in [5.74, 6) is 2.30. The van der Waals surface area contributed by atoms with Crippen molar-refractivity contribution in [3.63, 3.8) is 0 Å². The Morgan fingerprint density at radius 2 is 2.00 bits per heavy atom. The standard InChI is InChI=1S/C20H30N4O3.HI/c1-5-16-15(18(6-2)27-24-16)13-23-20(21-7-3)22-11-10-14-8-9-17(25)19(12-14)26-4;/h8-9,12,25H,5-7,10-11,13H2,1-4H3,(H2,21,22,23);1H. The third kappa shape index (κ3) is 6.57. The maximum absolute atomic E-state index is 9.68. The van der Waals surface area contributed by atoms with E-state index in [2.05, 4.69) is 34.6 Å². The maximum atomic E-state index is 9.68. The van der Waals surface area contributed by atoms with Gasteiger partial charge in [0.05, 0.1) is 19.3 Å². The molecule has 1 aromatic carbocycles. The molecule has 156 valence electrons. The van der Waals surface area contributed by atoms with Crippen LogP contribution in [0.4, 0.5) is 0 Å². The van der Waals surface area contributed by atoms with Crippen LogP contribution in [0.5, 0.6) is 11.5 Å². The third-order valence-electron chi connectivity index (χ3n) is 4.30. The number of nitrogens with one attached hydrogen (secondary N) is 2. The van der Waals surface area contributed by atoms with Crippen molar-refractivity contribution in [2.75, 3.05) is 20.2 Å². The molecule has 3 N–H and O–H groups in total. The third-order valence-corrected chi connectivity index (χ3v) is 4.30. The quantitative estimate of drug-likeness (QED) is 0.277. The van der Waals surface area contributed by atoms with Crippen molar-refractivity contribution < 1.29 is 14.4 Å². The molecule has 0 bridgehead atoms. The number of nitrogens with zero attached hydrogens (tertiary/aromatic N) is 2. The highest BCUT2D eigenvalue weighted by molar-refractivity contribution is 14.0. The lowest BCUT2D eigenvalue weighted by Crippen LogP contribution is -2.38. The topological polar surface area (TPSA) is 91.9 Å². The van der Waals surface area contributed by atoms with Crippen LogP contribution in [-0.4, -0.2) is 36.4 Å². The van der Waals surface area contributed by atoms with E-state index in [1.165, 1.54) is 0 Å². The normalized spacial score (nSPS) is 11.1. The highest BCUT2D eigenvalue weighted by atomic mass is 127. The molecular weight excluding hydrogens is 471 g/mol. The summed E-state index contributed by atoms with van der Waals surface area (Å²) in [4.78, 5) is 4.68. The molecule has 0 amide bonds. The van der Waals surface area contributed by atoms with Gasteiger partial charge in [0, 0.05) is 25.1 Å². The zero-order valence-electron chi connectivity index (χ0n) is 17.0. The van der Waals surface area contributed by atoms with Crippen molar-refractivity contribution in [1.29, 1.82) is 0 Å². The zero-order chi connectivity index (χ0) is 19.6. The highest BCUT2D eigenvalue weighted by Crippen LogP contribution is 2.26. The van der Waals surface area contributed by atoms with Crippen LogP contribution < -0.4 is 15.4 Å². The number of aromatic nitrogens is 1. The number of aromatic hydroxyl groups is 1. The van der Waals surface area contributed by atoms with E-state index in [1.807, 2.05) is 19.1 Å². The minimum Gasteiger partial charge on any atom is -0.504 e. The van der Waals surface area contributed by atoms with Crippen LogP contribution in [0.25, 0.3) is 0 Å². The Balaban J connectivity index is 0.00000392. The number of hydrogen-bond donors (Lipinski definition) is 3. The molecule has 1 aromatic heterocycles. The first-order valence-electron chi connectivity index (χ1n) is 9.47. The van der Waals surface area contributed by atoms with Crippen LogP contribution in [0.2, 0.25) is 0 Å². The molecule has 7 nitrogen and oxygen atoms in total. The number of phenolic OH excluding ortho intramolecular Hbond substituents is 1. The first-order valence-corrected chi connectivity index (χ1v) is 9.47. The van der Waals surface area contributed by atoms with Gasteiger partial charge in [0.15, 0.2) is 17.5 Å².